The summed E-state index contributed by atoms with van der Waals surface area (Å²) in [5, 5.41) is 4.00. The molecule has 27 heavy (non-hydrogen) atoms. The summed E-state index contributed by atoms with van der Waals surface area (Å²) >= 11 is 0. The van der Waals surface area contributed by atoms with Crippen molar-refractivity contribution in [3.05, 3.63) is 47.7 Å². The summed E-state index contributed by atoms with van der Waals surface area (Å²) in [5.41, 5.74) is -0.924. The van der Waals surface area contributed by atoms with Gasteiger partial charge in [-0.2, -0.15) is 18.3 Å². The van der Waals surface area contributed by atoms with Crippen LogP contribution in [-0.4, -0.2) is 39.6 Å². The summed E-state index contributed by atoms with van der Waals surface area (Å²) in [7, 11) is 0. The van der Waals surface area contributed by atoms with Gasteiger partial charge in [-0.3, -0.25) is 4.79 Å². The number of amides is 1. The van der Waals surface area contributed by atoms with Crippen LogP contribution < -0.4 is 0 Å². The number of nitrogens with zero attached hydrogens (tertiary/aromatic N) is 3. The summed E-state index contributed by atoms with van der Waals surface area (Å²) in [6.45, 7) is -2.37. The van der Waals surface area contributed by atoms with Crippen LogP contribution >= 0.6 is 0 Å². The van der Waals surface area contributed by atoms with E-state index in [0.717, 1.165) is 27.8 Å². The van der Waals surface area contributed by atoms with Crippen molar-refractivity contribution in [2.24, 2.45) is 0 Å². The number of carbonyl (C=O) groups excluding carboxylic acids is 1. The zero-order chi connectivity index (χ0) is 19.8. The van der Waals surface area contributed by atoms with Gasteiger partial charge in [-0.25, -0.2) is 17.9 Å². The maximum Gasteiger partial charge on any atom is 0.416 e. The Morgan fingerprint density at radius 3 is 2.52 bits per heavy atom. The van der Waals surface area contributed by atoms with Crippen LogP contribution in [0.1, 0.15) is 11.1 Å². The Morgan fingerprint density at radius 1 is 1.22 bits per heavy atom. The minimum Gasteiger partial charge on any atom is -0.327 e. The minimum atomic E-state index is -4.63. The van der Waals surface area contributed by atoms with E-state index < -0.39 is 43.3 Å². The second-order valence-electron chi connectivity index (χ2n) is 6.10. The SMILES string of the molecule is O=C(/C=C\n1ccc(-c2cc(CF)cc(C(F)(F)F)c2)n1)N1CC(F)(F)C1. The third-order valence-electron chi connectivity index (χ3n) is 3.90. The van der Waals surface area contributed by atoms with Crippen LogP contribution in [0, 0.1) is 0 Å². The lowest BCUT2D eigenvalue weighted by Crippen LogP contribution is -2.58. The van der Waals surface area contributed by atoms with E-state index in [1.165, 1.54) is 24.5 Å². The number of hydrogen-bond donors (Lipinski definition) is 0. The highest BCUT2D eigenvalue weighted by molar-refractivity contribution is 5.90. The molecule has 0 radical (unpaired) electrons. The first-order valence-corrected chi connectivity index (χ1v) is 7.75. The van der Waals surface area contributed by atoms with E-state index in [1.54, 1.807) is 0 Å². The van der Waals surface area contributed by atoms with E-state index >= 15 is 0 Å². The van der Waals surface area contributed by atoms with E-state index in [9.17, 15) is 31.1 Å². The fourth-order valence-corrected chi connectivity index (χ4v) is 2.57. The third kappa shape index (κ3) is 4.32. The Bertz CT molecular complexity index is 879. The van der Waals surface area contributed by atoms with Crippen molar-refractivity contribution in [1.29, 1.82) is 0 Å². The van der Waals surface area contributed by atoms with Crippen molar-refractivity contribution < 1.29 is 31.1 Å². The van der Waals surface area contributed by atoms with Crippen molar-refractivity contribution in [2.75, 3.05) is 13.1 Å². The molecule has 0 saturated carbocycles. The zero-order valence-corrected chi connectivity index (χ0v) is 13.7. The first-order chi connectivity index (χ1) is 12.6. The molecule has 0 unspecified atom stereocenters. The van der Waals surface area contributed by atoms with Gasteiger partial charge in [0.1, 0.15) is 6.67 Å². The minimum absolute atomic E-state index is 0.0679. The molecule has 1 aromatic heterocycles. The molecular formula is C17H13F6N3O. The molecule has 3 rings (SSSR count). The van der Waals surface area contributed by atoms with Gasteiger partial charge >= 0.3 is 6.18 Å². The highest BCUT2D eigenvalue weighted by Crippen LogP contribution is 2.33. The molecule has 0 spiro atoms. The Balaban J connectivity index is 1.78. The maximum atomic E-state index is 12.9. The van der Waals surface area contributed by atoms with Gasteiger partial charge in [-0.05, 0) is 29.8 Å². The molecule has 1 saturated heterocycles. The monoisotopic (exact) mass is 389 g/mol. The standard InChI is InChI=1S/C17H13F6N3O/c18-8-11-5-12(7-13(6-11)17(21,22)23)14-1-3-26(24-14)4-2-15(27)25-9-16(19,20)10-25/h1-7H,8-10H2/b4-2-. The molecular weight excluding hydrogens is 376 g/mol. The van der Waals surface area contributed by atoms with Crippen molar-refractivity contribution >= 4 is 12.1 Å². The number of rotatable bonds is 4. The van der Waals surface area contributed by atoms with Crippen LogP contribution in [-0.2, 0) is 17.6 Å². The van der Waals surface area contributed by atoms with Crippen molar-refractivity contribution in [1.82, 2.24) is 14.7 Å². The van der Waals surface area contributed by atoms with E-state index in [-0.39, 0.29) is 16.8 Å². The van der Waals surface area contributed by atoms with E-state index in [4.69, 9.17) is 0 Å². The van der Waals surface area contributed by atoms with Gasteiger partial charge in [0.25, 0.3) is 5.92 Å². The Morgan fingerprint density at radius 2 is 1.93 bits per heavy atom. The normalized spacial score (nSPS) is 16.6. The highest BCUT2D eigenvalue weighted by Gasteiger charge is 2.45. The van der Waals surface area contributed by atoms with Crippen molar-refractivity contribution in [3.8, 4) is 11.3 Å². The molecule has 1 amide bonds. The average molecular weight is 389 g/mol. The van der Waals surface area contributed by atoms with E-state index in [1.807, 2.05) is 0 Å². The number of likely N-dealkylation sites (tertiary alicyclic amines) is 1. The summed E-state index contributed by atoms with van der Waals surface area (Å²) in [4.78, 5) is 12.6. The predicted molar refractivity (Wildman–Crippen MR) is 84.3 cm³/mol. The number of hydrogen-bond acceptors (Lipinski definition) is 2. The molecule has 1 aromatic carbocycles. The van der Waals surface area contributed by atoms with Gasteiger partial charge in [0, 0.05) is 24.0 Å². The van der Waals surface area contributed by atoms with Crippen molar-refractivity contribution in [2.45, 2.75) is 18.8 Å². The smallest absolute Gasteiger partial charge is 0.327 e. The Labute approximate surface area is 149 Å². The molecule has 2 heterocycles. The van der Waals surface area contributed by atoms with Crippen LogP contribution in [0.15, 0.2) is 36.5 Å². The van der Waals surface area contributed by atoms with Gasteiger partial charge in [0.15, 0.2) is 0 Å². The first kappa shape index (κ1) is 19.0. The number of aromatic nitrogens is 2. The quantitative estimate of drug-likeness (QED) is 0.586. The number of benzene rings is 1. The third-order valence-corrected chi connectivity index (χ3v) is 3.90. The molecule has 0 bridgehead atoms. The molecule has 2 aromatic rings. The van der Waals surface area contributed by atoms with Crippen LogP contribution in [0.3, 0.4) is 0 Å². The number of alkyl halides is 6. The summed E-state index contributed by atoms with van der Waals surface area (Å²) in [6.07, 6.45) is -1.02. The molecule has 0 aliphatic carbocycles. The van der Waals surface area contributed by atoms with Crippen LogP contribution in [0.25, 0.3) is 17.5 Å². The van der Waals surface area contributed by atoms with Crippen molar-refractivity contribution in [3.63, 3.8) is 0 Å². The predicted octanol–water partition coefficient (Wildman–Crippen LogP) is 3.99. The zero-order valence-electron chi connectivity index (χ0n) is 13.7. The molecule has 4 nitrogen and oxygen atoms in total. The van der Waals surface area contributed by atoms with Crippen LogP contribution in [0.2, 0.25) is 0 Å². The van der Waals surface area contributed by atoms with E-state index in [0.29, 0.717) is 0 Å². The Kier molecular flexibility index (Phi) is 4.75. The van der Waals surface area contributed by atoms with Gasteiger partial charge in [-0.15, -0.1) is 0 Å². The lowest BCUT2D eigenvalue weighted by molar-refractivity contribution is -0.160. The van der Waals surface area contributed by atoms with Gasteiger partial charge in [-0.1, -0.05) is 0 Å². The topological polar surface area (TPSA) is 38.1 Å². The molecule has 0 atom stereocenters. The average Bonchev–Trinajstić information content (AvgIpc) is 3.05. The summed E-state index contributed by atoms with van der Waals surface area (Å²) < 4.78 is 78.3. The maximum absolute atomic E-state index is 12.9. The molecule has 1 fully saturated rings. The van der Waals surface area contributed by atoms with Gasteiger partial charge in [0.05, 0.1) is 24.3 Å². The second-order valence-corrected chi connectivity index (χ2v) is 6.10. The lowest BCUT2D eigenvalue weighted by Gasteiger charge is -2.37. The summed E-state index contributed by atoms with van der Waals surface area (Å²) in [6, 6.07) is 4.22. The van der Waals surface area contributed by atoms with E-state index in [2.05, 4.69) is 5.10 Å². The molecule has 1 aliphatic rings. The molecule has 10 heteroatoms. The highest BCUT2D eigenvalue weighted by atomic mass is 19.4. The largest absolute Gasteiger partial charge is 0.416 e. The lowest BCUT2D eigenvalue weighted by atomic mass is 10.0. The molecule has 0 N–H and O–H groups in total. The molecule has 1 aliphatic heterocycles. The molecule has 144 valence electrons. The number of halogens is 6. The Hall–Kier alpha value is -2.78. The number of carbonyl (C=O) groups is 1. The fourth-order valence-electron chi connectivity index (χ4n) is 2.57. The van der Waals surface area contributed by atoms with Gasteiger partial charge < -0.3 is 4.90 Å². The van der Waals surface area contributed by atoms with Crippen LogP contribution in [0.5, 0.6) is 0 Å². The van der Waals surface area contributed by atoms with Gasteiger partial charge in [0.2, 0.25) is 5.91 Å². The second kappa shape index (κ2) is 6.75. The van der Waals surface area contributed by atoms with Crippen LogP contribution in [0.4, 0.5) is 26.3 Å². The summed E-state index contributed by atoms with van der Waals surface area (Å²) in [5.74, 6) is -3.50. The fraction of sp³-hybridized carbons (Fsp3) is 0.294. The first-order valence-electron chi connectivity index (χ1n) is 7.75.